The Morgan fingerprint density at radius 3 is 2.90 bits per heavy atom. The van der Waals surface area contributed by atoms with Gasteiger partial charge >= 0.3 is 5.97 Å². The van der Waals surface area contributed by atoms with Crippen LogP contribution >= 0.6 is 15.9 Å². The first kappa shape index (κ1) is 16.0. The van der Waals surface area contributed by atoms with Gasteiger partial charge in [0, 0.05) is 17.4 Å². The fourth-order valence-electron chi connectivity index (χ4n) is 2.36. The Kier molecular flexibility index (Phi) is 5.36. The van der Waals surface area contributed by atoms with Gasteiger partial charge in [-0.1, -0.05) is 28.1 Å². The summed E-state index contributed by atoms with van der Waals surface area (Å²) in [5, 5.41) is 9.13. The van der Waals surface area contributed by atoms with E-state index in [-0.39, 0.29) is 12.5 Å². The maximum Gasteiger partial charge on any atom is 0.328 e. The molecule has 0 bridgehead atoms. The number of ether oxygens (including phenoxy) is 1. The molecule has 114 valence electrons. The Labute approximate surface area is 132 Å². The summed E-state index contributed by atoms with van der Waals surface area (Å²) in [6, 6.07) is 5.10. The molecule has 6 heteroatoms. The molecule has 21 heavy (non-hydrogen) atoms. The number of hydrogen-bond donors (Lipinski definition) is 1. The average Bonchev–Trinajstić information content (AvgIpc) is 2.48. The molecule has 1 aliphatic heterocycles. The highest BCUT2D eigenvalue weighted by molar-refractivity contribution is 9.10. The van der Waals surface area contributed by atoms with Crippen molar-refractivity contribution in [2.75, 3.05) is 19.8 Å². The van der Waals surface area contributed by atoms with E-state index in [2.05, 4.69) is 15.9 Å². The van der Waals surface area contributed by atoms with Gasteiger partial charge in [-0.3, -0.25) is 4.79 Å². The second-order valence-corrected chi connectivity index (χ2v) is 5.95. The van der Waals surface area contributed by atoms with Gasteiger partial charge in [-0.25, -0.2) is 4.79 Å². The molecule has 2 rings (SSSR count). The van der Waals surface area contributed by atoms with Crippen molar-refractivity contribution in [3.8, 4) is 0 Å². The fourth-order valence-corrected chi connectivity index (χ4v) is 2.61. The quantitative estimate of drug-likeness (QED) is 0.896. The molecule has 1 heterocycles. The number of carbonyl (C=O) groups is 2. The number of carbonyl (C=O) groups excluding carboxylic acids is 1. The van der Waals surface area contributed by atoms with Crippen molar-refractivity contribution in [2.24, 2.45) is 0 Å². The number of morpholine rings is 1. The topological polar surface area (TPSA) is 66.8 Å². The molecule has 1 atom stereocenters. The maximum absolute atomic E-state index is 12.2. The molecule has 0 spiro atoms. The molecule has 0 aliphatic carbocycles. The number of halogens is 1. The zero-order chi connectivity index (χ0) is 15.4. The molecule has 1 aliphatic rings. The van der Waals surface area contributed by atoms with Gasteiger partial charge in [0.05, 0.1) is 13.2 Å². The third-order valence-electron chi connectivity index (χ3n) is 3.58. The summed E-state index contributed by atoms with van der Waals surface area (Å²) in [7, 11) is 0. The van der Waals surface area contributed by atoms with Crippen molar-refractivity contribution >= 4 is 27.8 Å². The zero-order valence-electron chi connectivity index (χ0n) is 11.8. The highest BCUT2D eigenvalue weighted by atomic mass is 79.9. The van der Waals surface area contributed by atoms with Crippen LogP contribution in [0.2, 0.25) is 0 Å². The van der Waals surface area contributed by atoms with Gasteiger partial charge in [0.15, 0.2) is 6.04 Å². The number of carboxylic acids is 1. The van der Waals surface area contributed by atoms with E-state index in [1.165, 1.54) is 4.90 Å². The smallest absolute Gasteiger partial charge is 0.328 e. The van der Waals surface area contributed by atoms with Crippen molar-refractivity contribution in [3.63, 3.8) is 0 Å². The molecule has 1 aromatic rings. The van der Waals surface area contributed by atoms with Gasteiger partial charge in [0.2, 0.25) is 5.91 Å². The van der Waals surface area contributed by atoms with E-state index < -0.39 is 12.0 Å². The second kappa shape index (κ2) is 7.04. The lowest BCUT2D eigenvalue weighted by molar-refractivity contribution is -0.158. The summed E-state index contributed by atoms with van der Waals surface area (Å²) in [6.45, 7) is 2.80. The van der Waals surface area contributed by atoms with Gasteiger partial charge in [-0.15, -0.1) is 0 Å². The van der Waals surface area contributed by atoms with Gasteiger partial charge in [-0.2, -0.15) is 0 Å². The van der Waals surface area contributed by atoms with Crippen molar-refractivity contribution in [3.05, 3.63) is 33.8 Å². The van der Waals surface area contributed by atoms with Crippen LogP contribution in [0.5, 0.6) is 0 Å². The SMILES string of the molecule is Cc1cc(CCC(=O)N2CCOCC2C(=O)O)ccc1Br. The van der Waals surface area contributed by atoms with Crippen molar-refractivity contribution in [2.45, 2.75) is 25.8 Å². The molecule has 0 radical (unpaired) electrons. The third kappa shape index (κ3) is 4.04. The molecule has 1 unspecified atom stereocenters. The van der Waals surface area contributed by atoms with Crippen LogP contribution < -0.4 is 0 Å². The number of rotatable bonds is 4. The number of aryl methyl sites for hydroxylation is 2. The fraction of sp³-hybridized carbons (Fsp3) is 0.467. The predicted octanol–water partition coefficient (Wildman–Crippen LogP) is 2.00. The van der Waals surface area contributed by atoms with Crippen LogP contribution in [-0.2, 0) is 20.7 Å². The van der Waals surface area contributed by atoms with E-state index in [1.54, 1.807) is 0 Å². The molecular formula is C15H18BrNO4. The summed E-state index contributed by atoms with van der Waals surface area (Å²) >= 11 is 3.44. The maximum atomic E-state index is 12.2. The first-order valence-electron chi connectivity index (χ1n) is 6.84. The van der Waals surface area contributed by atoms with Gasteiger partial charge in [-0.05, 0) is 30.5 Å². The van der Waals surface area contributed by atoms with Crippen LogP contribution in [0.15, 0.2) is 22.7 Å². The highest BCUT2D eigenvalue weighted by Crippen LogP contribution is 2.18. The Morgan fingerprint density at radius 2 is 2.24 bits per heavy atom. The molecular weight excluding hydrogens is 338 g/mol. The van der Waals surface area contributed by atoms with Crippen LogP contribution in [0.4, 0.5) is 0 Å². The molecule has 0 saturated carbocycles. The Bertz CT molecular complexity index is 546. The Hall–Kier alpha value is -1.40. The first-order valence-corrected chi connectivity index (χ1v) is 7.63. The van der Waals surface area contributed by atoms with Crippen LogP contribution in [0.1, 0.15) is 17.5 Å². The van der Waals surface area contributed by atoms with E-state index in [0.29, 0.717) is 26.0 Å². The summed E-state index contributed by atoms with van der Waals surface area (Å²) < 4.78 is 6.17. The lowest BCUT2D eigenvalue weighted by Gasteiger charge is -2.32. The minimum absolute atomic E-state index is 0.0679. The highest BCUT2D eigenvalue weighted by Gasteiger charge is 2.32. The largest absolute Gasteiger partial charge is 0.480 e. The first-order chi connectivity index (χ1) is 9.99. The minimum Gasteiger partial charge on any atom is -0.480 e. The molecule has 1 aromatic carbocycles. The summed E-state index contributed by atoms with van der Waals surface area (Å²) in [5.74, 6) is -1.14. The van der Waals surface area contributed by atoms with Crippen molar-refractivity contribution in [1.82, 2.24) is 4.90 Å². The normalized spacial score (nSPS) is 18.6. The van der Waals surface area contributed by atoms with Crippen LogP contribution in [0.25, 0.3) is 0 Å². The Balaban J connectivity index is 1.96. The lowest BCUT2D eigenvalue weighted by Crippen LogP contribution is -2.52. The summed E-state index contributed by atoms with van der Waals surface area (Å²) in [5.41, 5.74) is 2.19. The zero-order valence-corrected chi connectivity index (χ0v) is 13.4. The van der Waals surface area contributed by atoms with Crippen LogP contribution in [-0.4, -0.2) is 47.7 Å². The minimum atomic E-state index is -1.01. The lowest BCUT2D eigenvalue weighted by atomic mass is 10.1. The summed E-state index contributed by atoms with van der Waals surface area (Å²) in [6.07, 6.45) is 0.918. The number of hydrogen-bond acceptors (Lipinski definition) is 3. The number of nitrogens with zero attached hydrogens (tertiary/aromatic N) is 1. The van der Waals surface area contributed by atoms with E-state index in [9.17, 15) is 9.59 Å². The molecule has 5 nitrogen and oxygen atoms in total. The number of benzene rings is 1. The number of carboxylic acid groups (broad SMARTS) is 1. The molecule has 1 fully saturated rings. The van der Waals surface area contributed by atoms with Crippen LogP contribution in [0.3, 0.4) is 0 Å². The number of aliphatic carboxylic acids is 1. The van der Waals surface area contributed by atoms with E-state index >= 15 is 0 Å². The van der Waals surface area contributed by atoms with Gasteiger partial charge < -0.3 is 14.7 Å². The van der Waals surface area contributed by atoms with Crippen molar-refractivity contribution < 1.29 is 19.4 Å². The average molecular weight is 356 g/mol. The molecule has 1 saturated heterocycles. The third-order valence-corrected chi connectivity index (χ3v) is 4.47. The van der Waals surface area contributed by atoms with E-state index in [0.717, 1.165) is 15.6 Å². The molecule has 1 N–H and O–H groups in total. The Morgan fingerprint density at radius 1 is 1.48 bits per heavy atom. The van der Waals surface area contributed by atoms with E-state index in [1.807, 2.05) is 25.1 Å². The van der Waals surface area contributed by atoms with Crippen molar-refractivity contribution in [1.29, 1.82) is 0 Å². The van der Waals surface area contributed by atoms with Gasteiger partial charge in [0.25, 0.3) is 0 Å². The summed E-state index contributed by atoms with van der Waals surface area (Å²) in [4.78, 5) is 24.8. The monoisotopic (exact) mass is 355 g/mol. The molecule has 0 aromatic heterocycles. The number of amides is 1. The van der Waals surface area contributed by atoms with Crippen LogP contribution in [0, 0.1) is 6.92 Å². The van der Waals surface area contributed by atoms with E-state index in [4.69, 9.17) is 9.84 Å². The van der Waals surface area contributed by atoms with Gasteiger partial charge in [0.1, 0.15) is 0 Å². The standard InChI is InChI=1S/C15H18BrNO4/c1-10-8-11(2-4-12(10)16)3-5-14(18)17-6-7-21-9-13(17)15(19)20/h2,4,8,13H,3,5-7,9H2,1H3,(H,19,20). The predicted molar refractivity (Wildman–Crippen MR) is 81.2 cm³/mol. The molecule has 1 amide bonds. The second-order valence-electron chi connectivity index (χ2n) is 5.10.